The molecule has 3 rings (SSSR count). The number of hydrogen-bond donors (Lipinski definition) is 1. The lowest BCUT2D eigenvalue weighted by molar-refractivity contribution is 0.290. The third kappa shape index (κ3) is 4.15. The Morgan fingerprint density at radius 2 is 1.52 bits per heavy atom. The molecule has 0 amide bonds. The minimum Gasteiger partial charge on any atom is -0.407 e. The zero-order valence-electron chi connectivity index (χ0n) is 16.3. The first kappa shape index (κ1) is 19.4. The van der Waals surface area contributed by atoms with Gasteiger partial charge in [0.2, 0.25) is 5.88 Å². The van der Waals surface area contributed by atoms with Crippen molar-refractivity contribution in [3.8, 4) is 0 Å². The molecule has 2 aromatic carbocycles. The van der Waals surface area contributed by atoms with Gasteiger partial charge in [-0.25, -0.2) is 0 Å². The fourth-order valence-corrected chi connectivity index (χ4v) is 8.29. The van der Waals surface area contributed by atoms with E-state index in [1.807, 2.05) is 0 Å². The van der Waals surface area contributed by atoms with Crippen LogP contribution in [-0.4, -0.2) is 20.1 Å². The lowest BCUT2D eigenvalue weighted by Gasteiger charge is -2.43. The fraction of sp³-hybridized carbons (Fsp3) is 0.318. The molecule has 3 aromatic rings. The molecule has 2 N–H and O–H groups in total. The van der Waals surface area contributed by atoms with Gasteiger partial charge in [0.25, 0.3) is 8.32 Å². The molecule has 0 aliphatic rings. The van der Waals surface area contributed by atoms with Gasteiger partial charge in [-0.3, -0.25) is 0 Å². The summed E-state index contributed by atoms with van der Waals surface area (Å²) in [4.78, 5) is 0. The number of nitrogen functional groups attached to an aromatic ring is 1. The average Bonchev–Trinajstić information content (AvgIpc) is 3.07. The van der Waals surface area contributed by atoms with Crippen LogP contribution in [0.1, 0.15) is 32.9 Å². The Bertz CT molecular complexity index is 802. The summed E-state index contributed by atoms with van der Waals surface area (Å²) >= 11 is 0. The van der Waals surface area contributed by atoms with E-state index in [0.717, 1.165) is 18.5 Å². The van der Waals surface area contributed by atoms with Crippen LogP contribution in [0, 0.1) is 0 Å². The lowest BCUT2D eigenvalue weighted by atomic mass is 10.2. The summed E-state index contributed by atoms with van der Waals surface area (Å²) in [5.74, 6) is 0.359. The molecule has 0 radical (unpaired) electrons. The van der Waals surface area contributed by atoms with Crippen molar-refractivity contribution in [2.75, 3.05) is 12.3 Å². The van der Waals surface area contributed by atoms with Crippen LogP contribution in [-0.2, 0) is 10.8 Å². The maximum atomic E-state index is 6.84. The molecule has 0 fully saturated rings. The zero-order chi connectivity index (χ0) is 19.3. The van der Waals surface area contributed by atoms with E-state index in [0.29, 0.717) is 12.5 Å². The van der Waals surface area contributed by atoms with Crippen molar-refractivity contribution in [1.82, 2.24) is 5.16 Å². The Labute approximate surface area is 162 Å². The number of aryl methyl sites for hydroxylation is 1. The molecule has 0 atom stereocenters. The van der Waals surface area contributed by atoms with Gasteiger partial charge in [0.05, 0.1) is 5.69 Å². The van der Waals surface area contributed by atoms with Gasteiger partial charge in [-0.1, -0.05) is 86.6 Å². The van der Waals surface area contributed by atoms with Gasteiger partial charge >= 0.3 is 0 Å². The number of nitrogens with zero attached hydrogens (tertiary/aromatic N) is 1. The molecular weight excluding hydrogens is 352 g/mol. The van der Waals surface area contributed by atoms with Crippen molar-refractivity contribution in [1.29, 1.82) is 0 Å². The maximum absolute atomic E-state index is 6.84. The molecule has 0 aliphatic carbocycles. The van der Waals surface area contributed by atoms with Crippen LogP contribution in [0.4, 0.5) is 5.88 Å². The molecule has 0 bridgehead atoms. The predicted molar refractivity (Wildman–Crippen MR) is 113 cm³/mol. The van der Waals surface area contributed by atoms with Crippen LogP contribution >= 0.6 is 0 Å². The number of hydrogen-bond acceptors (Lipinski definition) is 4. The molecule has 1 heterocycles. The number of aromatic nitrogens is 1. The fourth-order valence-electron chi connectivity index (χ4n) is 3.69. The van der Waals surface area contributed by atoms with Crippen molar-refractivity contribution < 1.29 is 8.95 Å². The van der Waals surface area contributed by atoms with E-state index in [4.69, 9.17) is 14.7 Å². The highest BCUT2D eigenvalue weighted by Gasteiger charge is 2.49. The van der Waals surface area contributed by atoms with Crippen molar-refractivity contribution in [3.63, 3.8) is 0 Å². The Morgan fingerprint density at radius 1 is 0.963 bits per heavy atom. The van der Waals surface area contributed by atoms with Crippen LogP contribution in [0.25, 0.3) is 0 Å². The SMILES string of the molecule is CC(C)(C)[Si](OCCCc1cc(N)on1)(c1ccccc1)c1ccccc1. The first-order valence-electron chi connectivity index (χ1n) is 9.39. The summed E-state index contributed by atoms with van der Waals surface area (Å²) in [6.07, 6.45) is 1.66. The lowest BCUT2D eigenvalue weighted by Crippen LogP contribution is -2.66. The van der Waals surface area contributed by atoms with E-state index in [1.165, 1.54) is 10.4 Å². The largest absolute Gasteiger partial charge is 0.407 e. The molecular formula is C22H28N2O2Si. The molecule has 4 nitrogen and oxygen atoms in total. The van der Waals surface area contributed by atoms with Crippen LogP contribution in [0.5, 0.6) is 0 Å². The minimum absolute atomic E-state index is 0.00593. The Hall–Kier alpha value is -2.37. The Morgan fingerprint density at radius 3 is 1.96 bits per heavy atom. The third-order valence-corrected chi connectivity index (χ3v) is 9.93. The second kappa shape index (κ2) is 8.11. The predicted octanol–water partition coefficient (Wildman–Crippen LogP) is 3.77. The average molecular weight is 381 g/mol. The van der Waals surface area contributed by atoms with Crippen LogP contribution in [0.15, 0.2) is 71.3 Å². The third-order valence-electron chi connectivity index (χ3n) is 4.89. The highest BCUT2D eigenvalue weighted by atomic mass is 28.4. The van der Waals surface area contributed by atoms with Crippen molar-refractivity contribution in [2.45, 2.75) is 38.7 Å². The van der Waals surface area contributed by atoms with E-state index in [9.17, 15) is 0 Å². The quantitative estimate of drug-likeness (QED) is 0.501. The van der Waals surface area contributed by atoms with Crippen LogP contribution < -0.4 is 16.1 Å². The number of nitrogens with two attached hydrogens (primary N) is 1. The first-order chi connectivity index (χ1) is 12.9. The topological polar surface area (TPSA) is 61.3 Å². The number of benzene rings is 2. The summed E-state index contributed by atoms with van der Waals surface area (Å²) in [5, 5.41) is 6.57. The smallest absolute Gasteiger partial charge is 0.261 e. The molecule has 0 spiro atoms. The van der Waals surface area contributed by atoms with Gasteiger partial charge in [0.15, 0.2) is 0 Å². The van der Waals surface area contributed by atoms with Gasteiger partial charge in [-0.05, 0) is 28.3 Å². The monoisotopic (exact) mass is 380 g/mol. The number of anilines is 1. The highest BCUT2D eigenvalue weighted by molar-refractivity contribution is 6.99. The van der Waals surface area contributed by atoms with Gasteiger partial charge in [0, 0.05) is 12.7 Å². The molecule has 0 saturated heterocycles. The normalized spacial score (nSPS) is 12.3. The second-order valence-corrected chi connectivity index (χ2v) is 12.1. The molecule has 1 aromatic heterocycles. The summed E-state index contributed by atoms with van der Waals surface area (Å²) < 4.78 is 11.8. The molecule has 5 heteroatoms. The number of rotatable bonds is 7. The van der Waals surface area contributed by atoms with Crippen molar-refractivity contribution in [3.05, 3.63) is 72.4 Å². The van der Waals surface area contributed by atoms with Gasteiger partial charge in [-0.15, -0.1) is 0 Å². The summed E-state index contributed by atoms with van der Waals surface area (Å²) in [6, 6.07) is 23.2. The van der Waals surface area contributed by atoms with Crippen LogP contribution in [0.2, 0.25) is 5.04 Å². The van der Waals surface area contributed by atoms with E-state index < -0.39 is 8.32 Å². The molecule has 0 aliphatic heterocycles. The van der Waals surface area contributed by atoms with E-state index in [2.05, 4.69) is 86.6 Å². The summed E-state index contributed by atoms with van der Waals surface area (Å²) in [6.45, 7) is 7.53. The van der Waals surface area contributed by atoms with Crippen LogP contribution in [0.3, 0.4) is 0 Å². The van der Waals surface area contributed by atoms with E-state index in [-0.39, 0.29) is 5.04 Å². The maximum Gasteiger partial charge on any atom is 0.261 e. The van der Waals surface area contributed by atoms with E-state index >= 15 is 0 Å². The highest BCUT2D eigenvalue weighted by Crippen LogP contribution is 2.36. The molecule has 27 heavy (non-hydrogen) atoms. The molecule has 142 valence electrons. The standard InChI is InChI=1S/C22H28N2O2Si/c1-22(2,3)27(19-12-6-4-7-13-19,20-14-8-5-9-15-20)25-16-10-11-18-17-21(23)26-24-18/h4-9,12-15,17H,10-11,16,23H2,1-3H3. The van der Waals surface area contributed by atoms with Gasteiger partial charge in [0.1, 0.15) is 0 Å². The summed E-state index contributed by atoms with van der Waals surface area (Å²) in [5.41, 5.74) is 6.48. The van der Waals surface area contributed by atoms with Crippen molar-refractivity contribution >= 4 is 24.6 Å². The Balaban J connectivity index is 1.89. The molecule has 0 saturated carbocycles. The zero-order valence-corrected chi connectivity index (χ0v) is 17.3. The first-order valence-corrected chi connectivity index (χ1v) is 11.3. The minimum atomic E-state index is -2.45. The second-order valence-electron chi connectivity index (χ2n) is 7.84. The van der Waals surface area contributed by atoms with E-state index in [1.54, 1.807) is 6.07 Å². The molecule has 0 unspecified atom stereocenters. The van der Waals surface area contributed by atoms with Crippen molar-refractivity contribution in [2.24, 2.45) is 0 Å². The van der Waals surface area contributed by atoms with Gasteiger partial charge < -0.3 is 14.7 Å². The Kier molecular flexibility index (Phi) is 5.82. The van der Waals surface area contributed by atoms with Gasteiger partial charge in [-0.2, -0.15) is 0 Å². The summed E-state index contributed by atoms with van der Waals surface area (Å²) in [7, 11) is -2.45.